The summed E-state index contributed by atoms with van der Waals surface area (Å²) in [5.41, 5.74) is -0.604. The van der Waals surface area contributed by atoms with E-state index in [4.69, 9.17) is 0 Å². The molecule has 1 aliphatic carbocycles. The van der Waals surface area contributed by atoms with Crippen LogP contribution < -0.4 is 5.32 Å². The summed E-state index contributed by atoms with van der Waals surface area (Å²) in [5, 5.41) is 2.88. The van der Waals surface area contributed by atoms with E-state index in [2.05, 4.69) is 5.32 Å². The molecular formula is C8H15F2N. The molecule has 1 N–H and O–H groups in total. The van der Waals surface area contributed by atoms with E-state index in [0.717, 1.165) is 0 Å². The molecule has 0 aromatic rings. The molecule has 0 bridgehead atoms. The zero-order chi connectivity index (χ0) is 8.54. The first-order chi connectivity index (χ1) is 5.16. The van der Waals surface area contributed by atoms with Crippen LogP contribution in [0.2, 0.25) is 0 Å². The summed E-state index contributed by atoms with van der Waals surface area (Å²) in [4.78, 5) is 0. The summed E-state index contributed by atoms with van der Waals surface area (Å²) in [6, 6.07) is 0. The Morgan fingerprint density at radius 3 is 1.64 bits per heavy atom. The van der Waals surface area contributed by atoms with E-state index in [-0.39, 0.29) is 6.42 Å². The molecular weight excluding hydrogens is 148 g/mol. The van der Waals surface area contributed by atoms with Crippen LogP contribution in [-0.2, 0) is 0 Å². The molecule has 66 valence electrons. The highest BCUT2D eigenvalue weighted by Crippen LogP contribution is 2.55. The number of alkyl halides is 2. The van der Waals surface area contributed by atoms with E-state index < -0.39 is 11.3 Å². The van der Waals surface area contributed by atoms with Crippen molar-refractivity contribution in [1.29, 1.82) is 0 Å². The molecule has 0 radical (unpaired) electrons. The van der Waals surface area contributed by atoms with Crippen molar-refractivity contribution in [2.24, 2.45) is 5.41 Å². The van der Waals surface area contributed by atoms with Gasteiger partial charge >= 0.3 is 0 Å². The second kappa shape index (κ2) is 2.70. The van der Waals surface area contributed by atoms with Gasteiger partial charge in [-0.2, -0.15) is 0 Å². The Kier molecular flexibility index (Phi) is 2.19. The summed E-state index contributed by atoms with van der Waals surface area (Å²) in [7, 11) is 0. The second-order valence-electron chi connectivity index (χ2n) is 3.09. The van der Waals surface area contributed by atoms with E-state index in [0.29, 0.717) is 19.5 Å². The number of halogens is 2. The molecule has 2 aliphatic rings. The lowest BCUT2D eigenvalue weighted by Crippen LogP contribution is -2.68. The topological polar surface area (TPSA) is 12.0 Å². The third-order valence-electron chi connectivity index (χ3n) is 2.62. The summed E-state index contributed by atoms with van der Waals surface area (Å²) in [5.74, 6) is -2.35. The first-order valence-corrected chi connectivity index (χ1v) is 4.25. The summed E-state index contributed by atoms with van der Waals surface area (Å²) >= 11 is 0. The molecule has 3 heteroatoms. The highest BCUT2D eigenvalue weighted by atomic mass is 19.3. The van der Waals surface area contributed by atoms with Crippen molar-refractivity contribution in [1.82, 2.24) is 5.32 Å². The van der Waals surface area contributed by atoms with Gasteiger partial charge in [-0.05, 0) is 6.42 Å². The molecule has 0 amide bonds. The smallest absolute Gasteiger partial charge is 0.256 e. The fraction of sp³-hybridized carbons (Fsp3) is 1.00. The minimum Gasteiger partial charge on any atom is -0.315 e. The average Bonchev–Trinajstić information content (AvgIpc) is 1.87. The maximum atomic E-state index is 12.6. The normalized spacial score (nSPS) is 29.5. The molecule has 0 aromatic carbocycles. The average molecular weight is 163 g/mol. The van der Waals surface area contributed by atoms with Crippen LogP contribution >= 0.6 is 0 Å². The quantitative estimate of drug-likeness (QED) is 0.576. The number of nitrogens with one attached hydrogen (secondary N) is 1. The van der Waals surface area contributed by atoms with Crippen LogP contribution in [0.1, 0.15) is 26.7 Å². The van der Waals surface area contributed by atoms with Crippen molar-refractivity contribution < 1.29 is 8.78 Å². The Morgan fingerprint density at radius 2 is 1.64 bits per heavy atom. The molecule has 2 rings (SSSR count). The Balaban J connectivity index is 0.000000281. The van der Waals surface area contributed by atoms with Gasteiger partial charge in [0.2, 0.25) is 0 Å². The van der Waals surface area contributed by atoms with Gasteiger partial charge < -0.3 is 5.32 Å². The summed E-state index contributed by atoms with van der Waals surface area (Å²) < 4.78 is 25.2. The fourth-order valence-corrected chi connectivity index (χ4v) is 1.53. The molecule has 1 heterocycles. The standard InChI is InChI=1S/C6H9F2N.C2H6/c7-6(8)2-1-5(6)3-9-4-5;1-2/h9H,1-4H2;1-2H3. The Hall–Kier alpha value is -0.180. The Labute approximate surface area is 66.2 Å². The number of rotatable bonds is 0. The van der Waals surface area contributed by atoms with Gasteiger partial charge in [0.1, 0.15) is 0 Å². The zero-order valence-corrected chi connectivity index (χ0v) is 7.08. The van der Waals surface area contributed by atoms with Gasteiger partial charge in [0, 0.05) is 19.5 Å². The van der Waals surface area contributed by atoms with Crippen molar-refractivity contribution in [3.05, 3.63) is 0 Å². The number of hydrogen-bond acceptors (Lipinski definition) is 1. The summed E-state index contributed by atoms with van der Waals surface area (Å²) in [6.45, 7) is 5.06. The Bertz CT molecular complexity index is 136. The molecule has 2 fully saturated rings. The third-order valence-corrected chi connectivity index (χ3v) is 2.62. The molecule has 1 saturated carbocycles. The van der Waals surface area contributed by atoms with Crippen LogP contribution in [-0.4, -0.2) is 19.0 Å². The van der Waals surface area contributed by atoms with Crippen LogP contribution in [0, 0.1) is 5.41 Å². The monoisotopic (exact) mass is 163 g/mol. The minimum atomic E-state index is -2.35. The second-order valence-corrected chi connectivity index (χ2v) is 3.09. The van der Waals surface area contributed by atoms with Gasteiger partial charge in [0.15, 0.2) is 0 Å². The molecule has 0 unspecified atom stereocenters. The van der Waals surface area contributed by atoms with Crippen molar-refractivity contribution in [3.63, 3.8) is 0 Å². The van der Waals surface area contributed by atoms with E-state index in [1.54, 1.807) is 0 Å². The molecule has 1 saturated heterocycles. The van der Waals surface area contributed by atoms with E-state index in [9.17, 15) is 8.78 Å². The van der Waals surface area contributed by atoms with Crippen molar-refractivity contribution >= 4 is 0 Å². The minimum absolute atomic E-state index is 0.106. The van der Waals surface area contributed by atoms with Crippen molar-refractivity contribution in [2.45, 2.75) is 32.6 Å². The van der Waals surface area contributed by atoms with Gasteiger partial charge in [-0.25, -0.2) is 8.78 Å². The van der Waals surface area contributed by atoms with Crippen LogP contribution in [0.25, 0.3) is 0 Å². The van der Waals surface area contributed by atoms with Gasteiger partial charge in [-0.3, -0.25) is 0 Å². The van der Waals surface area contributed by atoms with Crippen LogP contribution in [0.3, 0.4) is 0 Å². The van der Waals surface area contributed by atoms with Crippen molar-refractivity contribution in [2.75, 3.05) is 13.1 Å². The first-order valence-electron chi connectivity index (χ1n) is 4.25. The van der Waals surface area contributed by atoms with E-state index in [1.807, 2.05) is 13.8 Å². The van der Waals surface area contributed by atoms with Crippen LogP contribution in [0.4, 0.5) is 8.78 Å². The molecule has 0 atom stereocenters. The zero-order valence-electron chi connectivity index (χ0n) is 7.08. The predicted octanol–water partition coefficient (Wildman–Crippen LogP) is 2.03. The third kappa shape index (κ3) is 1.06. The van der Waals surface area contributed by atoms with Crippen LogP contribution in [0.5, 0.6) is 0 Å². The van der Waals surface area contributed by atoms with Gasteiger partial charge in [0.05, 0.1) is 5.41 Å². The van der Waals surface area contributed by atoms with Crippen LogP contribution in [0.15, 0.2) is 0 Å². The van der Waals surface area contributed by atoms with Gasteiger partial charge in [-0.1, -0.05) is 13.8 Å². The predicted molar refractivity (Wildman–Crippen MR) is 40.8 cm³/mol. The maximum absolute atomic E-state index is 12.6. The Morgan fingerprint density at radius 1 is 1.09 bits per heavy atom. The molecule has 11 heavy (non-hydrogen) atoms. The van der Waals surface area contributed by atoms with E-state index >= 15 is 0 Å². The SMILES string of the molecule is CC.FC1(F)CCC12CNC2. The van der Waals surface area contributed by atoms with Crippen molar-refractivity contribution in [3.8, 4) is 0 Å². The first kappa shape index (κ1) is 8.91. The lowest BCUT2D eigenvalue weighted by Gasteiger charge is -2.55. The maximum Gasteiger partial charge on any atom is 0.256 e. The number of hydrogen-bond donors (Lipinski definition) is 1. The molecule has 0 aromatic heterocycles. The van der Waals surface area contributed by atoms with Gasteiger partial charge in [-0.15, -0.1) is 0 Å². The van der Waals surface area contributed by atoms with E-state index in [1.165, 1.54) is 0 Å². The fourth-order valence-electron chi connectivity index (χ4n) is 1.53. The molecule has 1 aliphatic heterocycles. The van der Waals surface area contributed by atoms with Gasteiger partial charge in [0.25, 0.3) is 5.92 Å². The highest BCUT2D eigenvalue weighted by Gasteiger charge is 2.64. The molecule has 1 spiro atoms. The highest BCUT2D eigenvalue weighted by molar-refractivity contribution is 5.09. The molecule has 1 nitrogen and oxygen atoms in total. The summed E-state index contributed by atoms with van der Waals surface area (Å²) in [6.07, 6.45) is 0.821. The lowest BCUT2D eigenvalue weighted by molar-refractivity contribution is -0.222. The largest absolute Gasteiger partial charge is 0.315 e. The lowest BCUT2D eigenvalue weighted by atomic mass is 9.61.